The number of esters is 1. The molecule has 0 amide bonds. The lowest BCUT2D eigenvalue weighted by atomic mass is 9.96. The maximum Gasteiger partial charge on any atom is 0.341 e. The van der Waals surface area contributed by atoms with Crippen LogP contribution in [-0.2, 0) is 36.7 Å². The van der Waals surface area contributed by atoms with Gasteiger partial charge >= 0.3 is 13.6 Å². The maximum absolute atomic E-state index is 13.2. The van der Waals surface area contributed by atoms with Gasteiger partial charge in [-0.05, 0) is 73.0 Å². The molecule has 0 aromatic carbocycles. The zero-order valence-electron chi connectivity index (χ0n) is 28.6. The summed E-state index contributed by atoms with van der Waals surface area (Å²) in [5, 5.41) is -0.0219. The number of hydrogen-bond donors (Lipinski definition) is 0. The van der Waals surface area contributed by atoms with Gasteiger partial charge in [0.1, 0.15) is 12.3 Å². The predicted octanol–water partition coefficient (Wildman–Crippen LogP) is 9.10. The fourth-order valence-corrected chi connectivity index (χ4v) is 8.43. The molecule has 5 atom stereocenters. The zero-order chi connectivity index (χ0) is 32.6. The van der Waals surface area contributed by atoms with E-state index in [0.29, 0.717) is 12.3 Å². The second-order valence-corrected chi connectivity index (χ2v) is 26.8. The van der Waals surface area contributed by atoms with Crippen LogP contribution in [-0.4, -0.2) is 73.0 Å². The van der Waals surface area contributed by atoms with Gasteiger partial charge in [-0.2, -0.15) is 0 Å². The van der Waals surface area contributed by atoms with Gasteiger partial charge in [0, 0.05) is 6.42 Å². The molecule has 0 saturated carbocycles. The first-order chi connectivity index (χ1) is 19.1. The van der Waals surface area contributed by atoms with Gasteiger partial charge in [0.05, 0.1) is 38.1 Å². The van der Waals surface area contributed by atoms with Gasteiger partial charge < -0.3 is 27.4 Å². The van der Waals surface area contributed by atoms with E-state index in [9.17, 15) is 9.36 Å². The summed E-state index contributed by atoms with van der Waals surface area (Å²) in [6, 6.07) is 0. The summed E-state index contributed by atoms with van der Waals surface area (Å²) < 4.78 is 52.2. The third-order valence-electron chi connectivity index (χ3n) is 8.92. The van der Waals surface area contributed by atoms with E-state index in [1.54, 1.807) is 13.8 Å². The van der Waals surface area contributed by atoms with Crippen molar-refractivity contribution in [1.29, 1.82) is 0 Å². The number of hydrogen-bond acceptors (Lipinski definition) is 8. The van der Waals surface area contributed by atoms with E-state index in [1.807, 2.05) is 4.08 Å². The Hall–Kier alpha value is 0.404. The molecule has 0 spiro atoms. The first kappa shape index (κ1) is 40.4. The lowest BCUT2D eigenvalue weighted by molar-refractivity contribution is -0.150. The molecule has 1 fully saturated rings. The molecule has 1 saturated heterocycles. The molecular formula is C30H60IO8PSi2. The second-order valence-electron chi connectivity index (χ2n) is 14.5. The largest absolute Gasteiger partial charge is 0.459 e. The van der Waals surface area contributed by atoms with E-state index < -0.39 is 42.5 Å². The third kappa shape index (κ3) is 12.7. The van der Waals surface area contributed by atoms with E-state index in [4.69, 9.17) is 27.4 Å². The van der Waals surface area contributed by atoms with Crippen molar-refractivity contribution in [3.63, 3.8) is 0 Å². The molecule has 12 heteroatoms. The molecule has 1 aliphatic heterocycles. The molecule has 42 heavy (non-hydrogen) atoms. The molecule has 0 radical (unpaired) electrons. The van der Waals surface area contributed by atoms with Crippen LogP contribution in [0, 0.1) is 5.92 Å². The van der Waals surface area contributed by atoms with E-state index in [0.717, 1.165) is 12.8 Å². The Kier molecular flexibility index (Phi) is 16.2. The maximum atomic E-state index is 13.2. The summed E-state index contributed by atoms with van der Waals surface area (Å²) in [6.45, 7) is 28.3. The van der Waals surface area contributed by atoms with Gasteiger partial charge in [-0.1, -0.05) is 77.1 Å². The Morgan fingerprint density at radius 2 is 1.57 bits per heavy atom. The minimum atomic E-state index is -3.61. The lowest BCUT2D eigenvalue weighted by Gasteiger charge is -2.42. The Morgan fingerprint density at radius 1 is 1.02 bits per heavy atom. The zero-order valence-corrected chi connectivity index (χ0v) is 33.6. The number of carbonyl (C=O) groups excluding carboxylic acids is 1. The summed E-state index contributed by atoms with van der Waals surface area (Å²) in [5.74, 6) is -0.248. The van der Waals surface area contributed by atoms with Crippen LogP contribution in [0.25, 0.3) is 0 Å². The standard InChI is InChI=1S/C30H60IO8PSi2/c1-14-34-40(33,35-15-2)22-28(32)37-24(21-36-41(10,11)29(4,5)6)20-27(39-42(12,13)30(7,8)9)26-19-23(3)25(38-26)17-16-18-31/h16,18,23-27H,14-15,17,19-22H2,1-13H3/b18-16-/t23-,24-,25-,26-,27-/m1/s1. The first-order valence-corrected chi connectivity index (χ1v) is 24.2. The fourth-order valence-electron chi connectivity index (χ4n) is 4.31. The van der Waals surface area contributed by atoms with Crippen LogP contribution in [0.3, 0.4) is 0 Å². The van der Waals surface area contributed by atoms with Gasteiger partial charge in [0.2, 0.25) is 0 Å². The molecule has 8 nitrogen and oxygen atoms in total. The smallest absolute Gasteiger partial charge is 0.341 e. The predicted molar refractivity (Wildman–Crippen MR) is 186 cm³/mol. The Morgan fingerprint density at radius 3 is 2.05 bits per heavy atom. The van der Waals surface area contributed by atoms with Crippen molar-refractivity contribution in [2.24, 2.45) is 5.92 Å². The molecular weight excluding hydrogens is 702 g/mol. The highest BCUT2D eigenvalue weighted by Gasteiger charge is 2.46. The molecule has 1 aliphatic rings. The van der Waals surface area contributed by atoms with Crippen LogP contribution in [0.5, 0.6) is 0 Å². The van der Waals surface area contributed by atoms with Gasteiger partial charge in [0.25, 0.3) is 0 Å². The monoisotopic (exact) mass is 762 g/mol. The van der Waals surface area contributed by atoms with E-state index in [1.165, 1.54) is 0 Å². The van der Waals surface area contributed by atoms with Gasteiger partial charge in [-0.15, -0.1) is 0 Å². The molecule has 1 heterocycles. The number of rotatable bonds is 17. The van der Waals surface area contributed by atoms with Crippen LogP contribution in [0.15, 0.2) is 10.2 Å². The lowest BCUT2D eigenvalue weighted by Crippen LogP contribution is -2.49. The Labute approximate surface area is 272 Å². The molecule has 0 N–H and O–H groups in total. The van der Waals surface area contributed by atoms with Gasteiger partial charge in [0.15, 0.2) is 16.6 Å². The Balaban J connectivity index is 3.37. The summed E-state index contributed by atoms with van der Waals surface area (Å²) >= 11 is 2.24. The van der Waals surface area contributed by atoms with Crippen LogP contribution in [0.4, 0.5) is 0 Å². The normalized spacial score (nSPS) is 22.5. The van der Waals surface area contributed by atoms with E-state index in [2.05, 4.69) is 103 Å². The van der Waals surface area contributed by atoms with Crippen molar-refractivity contribution in [2.75, 3.05) is 26.0 Å². The highest BCUT2D eigenvalue weighted by atomic mass is 127. The number of ether oxygens (including phenoxy) is 2. The summed E-state index contributed by atoms with van der Waals surface area (Å²) in [7, 11) is -7.98. The average Bonchev–Trinajstić information content (AvgIpc) is 3.19. The molecule has 1 rings (SSSR count). The van der Waals surface area contributed by atoms with Crippen LogP contribution >= 0.6 is 30.2 Å². The van der Waals surface area contributed by atoms with Crippen LogP contribution in [0.1, 0.15) is 81.6 Å². The van der Waals surface area contributed by atoms with E-state index in [-0.39, 0.29) is 48.2 Å². The molecule has 0 unspecified atom stereocenters. The molecule has 0 aromatic heterocycles. The van der Waals surface area contributed by atoms with Crippen LogP contribution < -0.4 is 0 Å². The second kappa shape index (κ2) is 16.8. The van der Waals surface area contributed by atoms with Crippen molar-refractivity contribution in [3.8, 4) is 0 Å². The molecule has 248 valence electrons. The van der Waals surface area contributed by atoms with Crippen molar-refractivity contribution in [3.05, 3.63) is 10.2 Å². The third-order valence-corrected chi connectivity index (χ3v) is 20.4. The summed E-state index contributed by atoms with van der Waals surface area (Å²) in [5.41, 5.74) is 0. The SMILES string of the molecule is CCOP(=O)(CC(=O)O[C@@H](CO[Si](C)(C)C(C)(C)C)C[C@@H](O[Si](C)(C)C(C)(C)C)[C@H]1C[C@@H](C)[C@@H](C/C=C\I)O1)OCC. The number of halogens is 1. The van der Waals surface area contributed by atoms with E-state index >= 15 is 0 Å². The first-order valence-electron chi connectivity index (χ1n) is 15.4. The molecule has 0 aliphatic carbocycles. The van der Waals surface area contributed by atoms with Crippen molar-refractivity contribution in [1.82, 2.24) is 0 Å². The van der Waals surface area contributed by atoms with Crippen molar-refractivity contribution >= 4 is 52.8 Å². The molecule has 0 aromatic rings. The highest BCUT2D eigenvalue weighted by Crippen LogP contribution is 2.48. The van der Waals surface area contributed by atoms with Gasteiger partial charge in [-0.3, -0.25) is 9.36 Å². The quantitative estimate of drug-likeness (QED) is 0.0628. The Bertz CT molecular complexity index is 906. The summed E-state index contributed by atoms with van der Waals surface area (Å²) in [6.07, 6.45) is 2.93. The summed E-state index contributed by atoms with van der Waals surface area (Å²) in [4.78, 5) is 13.2. The fraction of sp³-hybridized carbons (Fsp3) is 0.900. The average molecular weight is 763 g/mol. The minimum Gasteiger partial charge on any atom is -0.459 e. The highest BCUT2D eigenvalue weighted by molar-refractivity contribution is 14.1. The van der Waals surface area contributed by atoms with Crippen molar-refractivity contribution in [2.45, 2.75) is 142 Å². The topological polar surface area (TPSA) is 89.5 Å². The van der Waals surface area contributed by atoms with Crippen molar-refractivity contribution < 1.29 is 36.7 Å². The van der Waals surface area contributed by atoms with Gasteiger partial charge in [-0.25, -0.2) is 0 Å². The molecule has 0 bridgehead atoms. The minimum absolute atomic E-state index is 0.00967. The number of carbonyl (C=O) groups is 1. The van der Waals surface area contributed by atoms with Crippen LogP contribution in [0.2, 0.25) is 36.3 Å².